The van der Waals surface area contributed by atoms with Crippen molar-refractivity contribution >= 4 is 17.2 Å². The van der Waals surface area contributed by atoms with Gasteiger partial charge in [0.2, 0.25) is 5.95 Å². The Morgan fingerprint density at radius 1 is 1.50 bits per heavy atom. The van der Waals surface area contributed by atoms with Crippen LogP contribution in [0.1, 0.15) is 22.2 Å². The monoisotopic (exact) mass is 266 g/mol. The molecule has 0 saturated carbocycles. The molecule has 0 radical (unpaired) electrons. The molecule has 2 heterocycles. The third-order valence-corrected chi connectivity index (χ3v) is 3.03. The van der Waals surface area contributed by atoms with Crippen LogP contribution in [0.2, 0.25) is 0 Å². The highest BCUT2D eigenvalue weighted by molar-refractivity contribution is 7.07. The van der Waals surface area contributed by atoms with Crippen LogP contribution >= 0.6 is 11.3 Å². The highest BCUT2D eigenvalue weighted by Crippen LogP contribution is 2.15. The zero-order valence-corrected chi connectivity index (χ0v) is 10.2. The molecule has 0 aliphatic heterocycles. The molecule has 0 saturated heterocycles. The first-order chi connectivity index (χ1) is 8.66. The maximum Gasteiger partial charge on any atom is 0.270 e. The predicted octanol–water partition coefficient (Wildman–Crippen LogP) is 1.75. The van der Waals surface area contributed by atoms with E-state index in [1.165, 1.54) is 23.5 Å². The average molecular weight is 266 g/mol. The summed E-state index contributed by atoms with van der Waals surface area (Å²) >= 11 is 1.47. The highest BCUT2D eigenvalue weighted by Gasteiger charge is 2.12. The van der Waals surface area contributed by atoms with Gasteiger partial charge < -0.3 is 10.4 Å². The van der Waals surface area contributed by atoms with E-state index in [0.29, 0.717) is 0 Å². The fourth-order valence-electron chi connectivity index (χ4n) is 1.40. The molecule has 0 fully saturated rings. The quantitative estimate of drug-likeness (QED) is 0.829. The fraction of sp³-hybridized carbons (Fsp3) is 0.167. The molecule has 2 N–H and O–H groups in total. The summed E-state index contributed by atoms with van der Waals surface area (Å²) in [6.07, 6.45) is -0.770. The van der Waals surface area contributed by atoms with Gasteiger partial charge in [-0.1, -0.05) is 6.07 Å². The summed E-state index contributed by atoms with van der Waals surface area (Å²) in [5, 5.41) is 15.9. The Morgan fingerprint density at radius 3 is 3.00 bits per heavy atom. The molecule has 6 heteroatoms. The van der Waals surface area contributed by atoms with Crippen LogP contribution < -0.4 is 5.32 Å². The molecule has 4 nitrogen and oxygen atoms in total. The van der Waals surface area contributed by atoms with Gasteiger partial charge in [0.05, 0.1) is 6.10 Å². The molecule has 94 valence electrons. The number of aliphatic hydroxyl groups excluding tert-OH is 1. The van der Waals surface area contributed by atoms with Crippen LogP contribution in [0.25, 0.3) is 0 Å². The standard InChI is InChI=1S/C12H11FN2O2S/c13-11-3-1-2-9(15-11)12(17)14-6-10(16)8-4-5-18-7-8/h1-5,7,10,16H,6H2,(H,14,17). The van der Waals surface area contributed by atoms with Crippen molar-refractivity contribution in [2.75, 3.05) is 6.54 Å². The zero-order valence-electron chi connectivity index (χ0n) is 9.34. The van der Waals surface area contributed by atoms with Gasteiger partial charge in [-0.05, 0) is 34.5 Å². The van der Waals surface area contributed by atoms with Gasteiger partial charge in [-0.2, -0.15) is 15.7 Å². The fourth-order valence-corrected chi connectivity index (χ4v) is 2.10. The Bertz CT molecular complexity index is 531. The molecule has 0 aliphatic carbocycles. The Balaban J connectivity index is 1.92. The maximum atomic E-state index is 12.8. The lowest BCUT2D eigenvalue weighted by atomic mass is 10.2. The number of pyridine rings is 1. The zero-order chi connectivity index (χ0) is 13.0. The maximum absolute atomic E-state index is 12.8. The largest absolute Gasteiger partial charge is 0.387 e. The molecular formula is C12H11FN2O2S. The van der Waals surface area contributed by atoms with Crippen molar-refractivity contribution in [1.82, 2.24) is 10.3 Å². The summed E-state index contributed by atoms with van der Waals surface area (Å²) < 4.78 is 12.8. The summed E-state index contributed by atoms with van der Waals surface area (Å²) in [5.74, 6) is -1.22. The average Bonchev–Trinajstić information content (AvgIpc) is 2.89. The SMILES string of the molecule is O=C(NCC(O)c1ccsc1)c1cccc(F)n1. The number of thiophene rings is 1. The van der Waals surface area contributed by atoms with Crippen molar-refractivity contribution in [2.24, 2.45) is 0 Å². The van der Waals surface area contributed by atoms with Crippen LogP contribution in [0.3, 0.4) is 0 Å². The molecule has 0 aliphatic rings. The van der Waals surface area contributed by atoms with Gasteiger partial charge in [-0.3, -0.25) is 4.79 Å². The normalized spacial score (nSPS) is 12.1. The van der Waals surface area contributed by atoms with E-state index in [9.17, 15) is 14.3 Å². The third-order valence-electron chi connectivity index (χ3n) is 2.33. The molecule has 1 unspecified atom stereocenters. The van der Waals surface area contributed by atoms with Crippen molar-refractivity contribution < 1.29 is 14.3 Å². The van der Waals surface area contributed by atoms with E-state index in [-0.39, 0.29) is 12.2 Å². The lowest BCUT2D eigenvalue weighted by Gasteiger charge is -2.10. The molecule has 0 spiro atoms. The first-order valence-electron chi connectivity index (χ1n) is 5.28. The van der Waals surface area contributed by atoms with Crippen LogP contribution in [-0.2, 0) is 0 Å². The summed E-state index contributed by atoms with van der Waals surface area (Å²) in [5.41, 5.74) is 0.736. The first kappa shape index (κ1) is 12.7. The highest BCUT2D eigenvalue weighted by atomic mass is 32.1. The lowest BCUT2D eigenvalue weighted by Crippen LogP contribution is -2.29. The Morgan fingerprint density at radius 2 is 2.33 bits per heavy atom. The first-order valence-corrected chi connectivity index (χ1v) is 6.22. The smallest absolute Gasteiger partial charge is 0.270 e. The van der Waals surface area contributed by atoms with Gasteiger partial charge in [-0.25, -0.2) is 4.98 Å². The van der Waals surface area contributed by atoms with Crippen LogP contribution in [-0.4, -0.2) is 22.5 Å². The second-order valence-electron chi connectivity index (χ2n) is 3.63. The van der Waals surface area contributed by atoms with Crippen molar-refractivity contribution in [3.8, 4) is 0 Å². The number of hydrogen-bond acceptors (Lipinski definition) is 4. The molecule has 1 amide bonds. The number of hydrogen-bond donors (Lipinski definition) is 2. The number of amides is 1. The number of nitrogens with zero attached hydrogens (tertiary/aromatic N) is 1. The number of nitrogens with one attached hydrogen (secondary N) is 1. The number of carbonyl (C=O) groups excluding carboxylic acids is 1. The number of halogens is 1. The van der Waals surface area contributed by atoms with E-state index in [4.69, 9.17) is 0 Å². The lowest BCUT2D eigenvalue weighted by molar-refractivity contribution is 0.0910. The molecule has 1 atom stereocenters. The van der Waals surface area contributed by atoms with E-state index < -0.39 is 18.0 Å². The summed E-state index contributed by atoms with van der Waals surface area (Å²) in [7, 11) is 0. The van der Waals surface area contributed by atoms with Crippen LogP contribution in [0.4, 0.5) is 4.39 Å². The van der Waals surface area contributed by atoms with Gasteiger partial charge >= 0.3 is 0 Å². The number of aliphatic hydroxyl groups is 1. The van der Waals surface area contributed by atoms with E-state index in [1.54, 1.807) is 11.4 Å². The summed E-state index contributed by atoms with van der Waals surface area (Å²) in [6, 6.07) is 5.76. The molecule has 2 rings (SSSR count). The second-order valence-corrected chi connectivity index (χ2v) is 4.41. The van der Waals surface area contributed by atoms with Crippen LogP contribution in [0.5, 0.6) is 0 Å². The van der Waals surface area contributed by atoms with Crippen molar-refractivity contribution in [3.63, 3.8) is 0 Å². The van der Waals surface area contributed by atoms with Gasteiger partial charge in [-0.15, -0.1) is 0 Å². The van der Waals surface area contributed by atoms with Gasteiger partial charge in [0, 0.05) is 6.54 Å². The molecule has 18 heavy (non-hydrogen) atoms. The summed E-state index contributed by atoms with van der Waals surface area (Å²) in [4.78, 5) is 15.1. The van der Waals surface area contributed by atoms with Gasteiger partial charge in [0.15, 0.2) is 0 Å². The van der Waals surface area contributed by atoms with E-state index in [2.05, 4.69) is 10.3 Å². The number of carbonyl (C=O) groups is 1. The Kier molecular flexibility index (Phi) is 4.01. The minimum absolute atomic E-state index is 0.00693. The van der Waals surface area contributed by atoms with Gasteiger partial charge in [0.1, 0.15) is 5.69 Å². The predicted molar refractivity (Wildman–Crippen MR) is 65.8 cm³/mol. The Labute approximate surface area is 107 Å². The second kappa shape index (κ2) is 5.70. The van der Waals surface area contributed by atoms with Crippen LogP contribution in [0, 0.1) is 5.95 Å². The minimum Gasteiger partial charge on any atom is -0.387 e. The number of aromatic nitrogens is 1. The number of rotatable bonds is 4. The van der Waals surface area contributed by atoms with Crippen molar-refractivity contribution in [1.29, 1.82) is 0 Å². The van der Waals surface area contributed by atoms with E-state index >= 15 is 0 Å². The van der Waals surface area contributed by atoms with E-state index in [1.807, 2.05) is 5.38 Å². The van der Waals surface area contributed by atoms with Crippen LogP contribution in [0.15, 0.2) is 35.0 Å². The molecule has 0 aromatic carbocycles. The summed E-state index contributed by atoms with van der Waals surface area (Å²) in [6.45, 7) is 0.0633. The minimum atomic E-state index is -0.770. The topological polar surface area (TPSA) is 62.2 Å². The molecule has 2 aromatic rings. The molecule has 0 bridgehead atoms. The Hall–Kier alpha value is -1.79. The van der Waals surface area contributed by atoms with Crippen molar-refractivity contribution in [3.05, 3.63) is 52.2 Å². The van der Waals surface area contributed by atoms with E-state index in [0.717, 1.165) is 11.6 Å². The molecular weight excluding hydrogens is 255 g/mol. The van der Waals surface area contributed by atoms with Crippen molar-refractivity contribution in [2.45, 2.75) is 6.10 Å². The third kappa shape index (κ3) is 3.12. The van der Waals surface area contributed by atoms with Gasteiger partial charge in [0.25, 0.3) is 5.91 Å². The molecule has 2 aromatic heterocycles.